The van der Waals surface area contributed by atoms with Gasteiger partial charge in [-0.3, -0.25) is 0 Å². The third-order valence-electron chi connectivity index (χ3n) is 2.89. The van der Waals surface area contributed by atoms with E-state index >= 15 is 0 Å². The topological polar surface area (TPSA) is 44.5 Å². The Labute approximate surface area is 110 Å². The zero-order chi connectivity index (χ0) is 13.2. The summed E-state index contributed by atoms with van der Waals surface area (Å²) in [5, 5.41) is 0. The van der Waals surface area contributed by atoms with Crippen LogP contribution in [0.1, 0.15) is 24.0 Å². The van der Waals surface area contributed by atoms with E-state index in [2.05, 4.69) is 31.2 Å². The van der Waals surface area contributed by atoms with Gasteiger partial charge >= 0.3 is 0 Å². The number of methoxy groups -OCH3 is 1. The van der Waals surface area contributed by atoms with Gasteiger partial charge in [0.2, 0.25) is 0 Å². The van der Waals surface area contributed by atoms with Crippen molar-refractivity contribution in [3.05, 3.63) is 35.4 Å². The van der Waals surface area contributed by atoms with E-state index in [4.69, 9.17) is 15.2 Å². The van der Waals surface area contributed by atoms with Crippen LogP contribution in [0.15, 0.2) is 24.3 Å². The SMILES string of the molecule is COCCCOCCC(N)Cc1ccc(C)cc1. The van der Waals surface area contributed by atoms with Gasteiger partial charge in [-0.05, 0) is 31.7 Å². The molecule has 0 spiro atoms. The lowest BCUT2D eigenvalue weighted by molar-refractivity contribution is 0.0984. The predicted octanol–water partition coefficient (Wildman–Crippen LogP) is 2.31. The summed E-state index contributed by atoms with van der Waals surface area (Å²) in [6.07, 6.45) is 2.77. The van der Waals surface area contributed by atoms with E-state index in [1.807, 2.05) is 0 Å². The van der Waals surface area contributed by atoms with E-state index in [0.717, 1.165) is 39.1 Å². The molecule has 0 heterocycles. The van der Waals surface area contributed by atoms with Crippen molar-refractivity contribution in [3.8, 4) is 0 Å². The van der Waals surface area contributed by atoms with Crippen LogP contribution in [0.25, 0.3) is 0 Å². The molecule has 102 valence electrons. The van der Waals surface area contributed by atoms with Gasteiger partial charge in [-0.2, -0.15) is 0 Å². The lowest BCUT2D eigenvalue weighted by Gasteiger charge is -2.12. The molecule has 1 aromatic carbocycles. The highest BCUT2D eigenvalue weighted by Gasteiger charge is 2.04. The summed E-state index contributed by atoms with van der Waals surface area (Å²) in [7, 11) is 1.71. The predicted molar refractivity (Wildman–Crippen MR) is 74.8 cm³/mol. The zero-order valence-electron chi connectivity index (χ0n) is 11.5. The van der Waals surface area contributed by atoms with Crippen LogP contribution in [0.4, 0.5) is 0 Å². The monoisotopic (exact) mass is 251 g/mol. The van der Waals surface area contributed by atoms with E-state index in [1.54, 1.807) is 7.11 Å². The van der Waals surface area contributed by atoms with Crippen molar-refractivity contribution in [2.24, 2.45) is 5.73 Å². The second-order valence-electron chi connectivity index (χ2n) is 4.70. The second kappa shape index (κ2) is 9.09. The van der Waals surface area contributed by atoms with Crippen LogP contribution < -0.4 is 5.73 Å². The number of benzene rings is 1. The maximum atomic E-state index is 6.08. The molecule has 0 aliphatic rings. The van der Waals surface area contributed by atoms with Gasteiger partial charge in [-0.1, -0.05) is 29.8 Å². The van der Waals surface area contributed by atoms with Crippen molar-refractivity contribution >= 4 is 0 Å². The van der Waals surface area contributed by atoms with Gasteiger partial charge in [0.25, 0.3) is 0 Å². The van der Waals surface area contributed by atoms with Crippen LogP contribution in [0, 0.1) is 6.92 Å². The Hall–Kier alpha value is -0.900. The fourth-order valence-corrected chi connectivity index (χ4v) is 1.77. The van der Waals surface area contributed by atoms with Crippen molar-refractivity contribution in [3.63, 3.8) is 0 Å². The molecule has 1 atom stereocenters. The number of hydrogen-bond acceptors (Lipinski definition) is 3. The third-order valence-corrected chi connectivity index (χ3v) is 2.89. The summed E-state index contributed by atoms with van der Waals surface area (Å²) in [5.41, 5.74) is 8.66. The third kappa shape index (κ3) is 6.74. The Morgan fingerprint density at radius 3 is 2.50 bits per heavy atom. The number of rotatable bonds is 9. The van der Waals surface area contributed by atoms with Crippen molar-refractivity contribution in [2.75, 3.05) is 26.9 Å². The zero-order valence-corrected chi connectivity index (χ0v) is 11.5. The van der Waals surface area contributed by atoms with E-state index in [1.165, 1.54) is 11.1 Å². The maximum absolute atomic E-state index is 6.08. The van der Waals surface area contributed by atoms with Crippen molar-refractivity contribution in [1.82, 2.24) is 0 Å². The summed E-state index contributed by atoms with van der Waals surface area (Å²) in [6, 6.07) is 8.73. The van der Waals surface area contributed by atoms with Crippen LogP contribution in [0.2, 0.25) is 0 Å². The van der Waals surface area contributed by atoms with Crippen LogP contribution in [0.5, 0.6) is 0 Å². The highest BCUT2D eigenvalue weighted by atomic mass is 16.5. The maximum Gasteiger partial charge on any atom is 0.0487 e. The standard InChI is InChI=1S/C15H25NO2/c1-13-4-6-14(7-5-13)12-15(16)8-11-18-10-3-9-17-2/h4-7,15H,3,8-12,16H2,1-2H3. The molecule has 18 heavy (non-hydrogen) atoms. The Bertz CT molecular complexity index is 311. The molecule has 0 bridgehead atoms. The van der Waals surface area contributed by atoms with Gasteiger partial charge in [0.1, 0.15) is 0 Å². The lowest BCUT2D eigenvalue weighted by Crippen LogP contribution is -2.24. The minimum Gasteiger partial charge on any atom is -0.385 e. The minimum absolute atomic E-state index is 0.176. The lowest BCUT2D eigenvalue weighted by atomic mass is 10.0. The Morgan fingerprint density at radius 2 is 1.83 bits per heavy atom. The van der Waals surface area contributed by atoms with Gasteiger partial charge in [0, 0.05) is 33.0 Å². The number of nitrogens with two attached hydrogens (primary N) is 1. The van der Waals surface area contributed by atoms with E-state index < -0.39 is 0 Å². The normalized spacial score (nSPS) is 12.6. The molecule has 2 N–H and O–H groups in total. The molecule has 1 unspecified atom stereocenters. The van der Waals surface area contributed by atoms with Crippen molar-refractivity contribution in [1.29, 1.82) is 0 Å². The highest BCUT2D eigenvalue weighted by molar-refractivity contribution is 5.21. The van der Waals surface area contributed by atoms with E-state index in [9.17, 15) is 0 Å². The molecule has 3 nitrogen and oxygen atoms in total. The first-order valence-corrected chi connectivity index (χ1v) is 6.60. The number of hydrogen-bond donors (Lipinski definition) is 1. The molecule has 0 fully saturated rings. The Balaban J connectivity index is 2.10. The second-order valence-corrected chi connectivity index (χ2v) is 4.70. The smallest absolute Gasteiger partial charge is 0.0487 e. The first-order valence-electron chi connectivity index (χ1n) is 6.60. The first-order chi connectivity index (χ1) is 8.72. The molecule has 0 amide bonds. The number of ether oxygens (including phenoxy) is 2. The van der Waals surface area contributed by atoms with Gasteiger partial charge in [-0.25, -0.2) is 0 Å². The molecule has 3 heteroatoms. The quantitative estimate of drug-likeness (QED) is 0.685. The van der Waals surface area contributed by atoms with E-state index in [0.29, 0.717) is 0 Å². The first kappa shape index (κ1) is 15.2. The van der Waals surface area contributed by atoms with Gasteiger partial charge < -0.3 is 15.2 Å². The average Bonchev–Trinajstić information content (AvgIpc) is 2.36. The Kier molecular flexibility index (Phi) is 7.65. The van der Waals surface area contributed by atoms with Gasteiger partial charge in [0.15, 0.2) is 0 Å². The summed E-state index contributed by atoms with van der Waals surface area (Å²) in [6.45, 7) is 4.34. The molecular formula is C15H25NO2. The van der Waals surface area contributed by atoms with Gasteiger partial charge in [0.05, 0.1) is 0 Å². The molecule has 0 aromatic heterocycles. The fourth-order valence-electron chi connectivity index (χ4n) is 1.77. The van der Waals surface area contributed by atoms with Crippen LogP contribution in [-0.4, -0.2) is 33.0 Å². The molecule has 1 aromatic rings. The highest BCUT2D eigenvalue weighted by Crippen LogP contribution is 2.07. The van der Waals surface area contributed by atoms with Crippen molar-refractivity contribution < 1.29 is 9.47 Å². The molecule has 0 aliphatic carbocycles. The van der Waals surface area contributed by atoms with Crippen LogP contribution in [0.3, 0.4) is 0 Å². The summed E-state index contributed by atoms with van der Waals surface area (Å²) in [5.74, 6) is 0. The van der Waals surface area contributed by atoms with Gasteiger partial charge in [-0.15, -0.1) is 0 Å². The number of aryl methyl sites for hydroxylation is 1. The summed E-state index contributed by atoms with van der Waals surface area (Å²) >= 11 is 0. The molecule has 0 radical (unpaired) electrons. The fraction of sp³-hybridized carbons (Fsp3) is 0.600. The molecule has 0 saturated carbocycles. The molecule has 0 aliphatic heterocycles. The molecule has 1 rings (SSSR count). The van der Waals surface area contributed by atoms with Crippen LogP contribution in [-0.2, 0) is 15.9 Å². The minimum atomic E-state index is 0.176. The molecule has 0 saturated heterocycles. The van der Waals surface area contributed by atoms with Crippen LogP contribution >= 0.6 is 0 Å². The van der Waals surface area contributed by atoms with Crippen molar-refractivity contribution in [2.45, 2.75) is 32.2 Å². The Morgan fingerprint density at radius 1 is 1.11 bits per heavy atom. The average molecular weight is 251 g/mol. The summed E-state index contributed by atoms with van der Waals surface area (Å²) in [4.78, 5) is 0. The molecular weight excluding hydrogens is 226 g/mol. The largest absolute Gasteiger partial charge is 0.385 e. The summed E-state index contributed by atoms with van der Waals surface area (Å²) < 4.78 is 10.5. The van der Waals surface area contributed by atoms with E-state index in [-0.39, 0.29) is 6.04 Å².